The zero-order valence-corrected chi connectivity index (χ0v) is 7.02. The average molecular weight is 183 g/mol. The van der Waals surface area contributed by atoms with Crippen LogP contribution in [0.4, 0.5) is 4.79 Å². The molecule has 10 heavy (non-hydrogen) atoms. The van der Waals surface area contributed by atoms with Gasteiger partial charge in [0.2, 0.25) is 0 Å². The van der Waals surface area contributed by atoms with Gasteiger partial charge in [-0.25, -0.2) is 4.79 Å². The summed E-state index contributed by atoms with van der Waals surface area (Å²) in [7, 11) is 0. The van der Waals surface area contributed by atoms with E-state index in [4.69, 9.17) is 5.11 Å². The van der Waals surface area contributed by atoms with E-state index in [0.717, 1.165) is 3.71 Å². The lowest BCUT2D eigenvalue weighted by Gasteiger charge is -2.06. The van der Waals surface area contributed by atoms with Crippen molar-refractivity contribution in [2.75, 3.05) is 13.2 Å². The molecule has 0 fully saturated rings. The second kappa shape index (κ2) is 5.70. The summed E-state index contributed by atoms with van der Waals surface area (Å²) in [5.74, 6) is 0. The van der Waals surface area contributed by atoms with Gasteiger partial charge in [0.1, 0.15) is 0 Å². The number of amides is 1. The monoisotopic (exact) mass is 183 g/mol. The van der Waals surface area contributed by atoms with Crippen molar-refractivity contribution in [3.8, 4) is 0 Å². The molecule has 0 aliphatic heterocycles. The van der Waals surface area contributed by atoms with Gasteiger partial charge in [0.05, 0.1) is 6.61 Å². The molecule has 1 N–H and O–H groups in total. The number of rotatable bonds is 3. The number of carbonyl (C=O) groups is 1. The number of hydrogen-bond acceptors (Lipinski definition) is 5. The summed E-state index contributed by atoms with van der Waals surface area (Å²) in [4.78, 5) is 10.5. The van der Waals surface area contributed by atoms with E-state index in [1.807, 2.05) is 0 Å². The molecule has 1 amide bonds. The van der Waals surface area contributed by atoms with E-state index in [1.165, 1.54) is 0 Å². The van der Waals surface area contributed by atoms with Gasteiger partial charge in [-0.15, -0.1) is 0 Å². The maximum atomic E-state index is 10.5. The van der Waals surface area contributed by atoms with Crippen LogP contribution in [0.5, 0.6) is 0 Å². The molecule has 0 unspecified atom stereocenters. The Labute approximate surface area is 70.2 Å². The van der Waals surface area contributed by atoms with Crippen LogP contribution in [0, 0.1) is 0 Å². The fourth-order valence-electron chi connectivity index (χ4n) is 0.282. The van der Waals surface area contributed by atoms with E-state index in [0.29, 0.717) is 6.42 Å². The molecule has 0 rings (SSSR count). The zero-order valence-electron chi connectivity index (χ0n) is 5.23. The van der Waals surface area contributed by atoms with Crippen LogP contribution in [0.3, 0.4) is 0 Å². The van der Waals surface area contributed by atoms with E-state index in [-0.39, 0.29) is 13.2 Å². The third-order valence-electron chi connectivity index (χ3n) is 0.691. The summed E-state index contributed by atoms with van der Waals surface area (Å²) < 4.78 is 5.25. The molecule has 0 atom stereocenters. The number of carbonyl (C=O) groups excluding carboxylic acids is 1. The molecule has 0 aliphatic rings. The van der Waals surface area contributed by atoms with E-state index >= 15 is 0 Å². The molecule has 4 nitrogen and oxygen atoms in total. The Bertz CT molecular complexity index is 109. The van der Waals surface area contributed by atoms with Crippen LogP contribution in [0.15, 0.2) is 0 Å². The Balaban J connectivity index is 3.22. The molecular formula is C4H9NO3S2. The van der Waals surface area contributed by atoms with Gasteiger partial charge in [0.15, 0.2) is 0 Å². The smallest absolute Gasteiger partial charge is 0.429 e. The maximum absolute atomic E-state index is 10.5. The van der Waals surface area contributed by atoms with Gasteiger partial charge in [0.25, 0.3) is 0 Å². The molecule has 0 spiro atoms. The van der Waals surface area contributed by atoms with Gasteiger partial charge in [-0.3, -0.25) is 0 Å². The minimum atomic E-state index is -0.639. The van der Waals surface area contributed by atoms with Crippen molar-refractivity contribution in [3.63, 3.8) is 0 Å². The molecule has 0 aromatic heterocycles. The van der Waals surface area contributed by atoms with E-state index in [9.17, 15) is 4.79 Å². The molecule has 0 aromatic carbocycles. The molecule has 0 radical (unpaired) electrons. The quantitative estimate of drug-likeness (QED) is 0.441. The van der Waals surface area contributed by atoms with Crippen molar-refractivity contribution in [1.82, 2.24) is 3.71 Å². The van der Waals surface area contributed by atoms with Crippen molar-refractivity contribution >= 4 is 31.7 Å². The van der Waals surface area contributed by atoms with E-state index < -0.39 is 6.09 Å². The number of hydrogen-bond donors (Lipinski definition) is 3. The van der Waals surface area contributed by atoms with Crippen LogP contribution in [-0.2, 0) is 4.74 Å². The second-order valence-corrected chi connectivity index (χ2v) is 2.60. The zero-order chi connectivity index (χ0) is 7.98. The predicted octanol–water partition coefficient (Wildman–Crippen LogP) is 0.497. The van der Waals surface area contributed by atoms with Gasteiger partial charge >= 0.3 is 6.09 Å². The van der Waals surface area contributed by atoms with Crippen LogP contribution < -0.4 is 0 Å². The molecule has 0 saturated carbocycles. The Kier molecular flexibility index (Phi) is 5.66. The van der Waals surface area contributed by atoms with Gasteiger partial charge < -0.3 is 9.84 Å². The lowest BCUT2D eigenvalue weighted by atomic mass is 10.5. The standard InChI is InChI=1S/C4H9NO3S2/c6-2-1-3-8-4(7)5(9)10/h6,9-10H,1-3H2. The number of thiol groups is 2. The molecule has 60 valence electrons. The first-order valence-electron chi connectivity index (χ1n) is 2.64. The lowest BCUT2D eigenvalue weighted by molar-refractivity contribution is 0.132. The van der Waals surface area contributed by atoms with E-state index in [1.54, 1.807) is 0 Å². The molecule has 0 aromatic rings. The van der Waals surface area contributed by atoms with Crippen molar-refractivity contribution in [1.29, 1.82) is 0 Å². The Morgan fingerprint density at radius 1 is 1.60 bits per heavy atom. The van der Waals surface area contributed by atoms with Crippen LogP contribution in [-0.4, -0.2) is 28.1 Å². The highest BCUT2D eigenvalue weighted by atomic mass is 32.2. The minimum Gasteiger partial charge on any atom is -0.448 e. The molecule has 0 heterocycles. The highest BCUT2D eigenvalue weighted by Gasteiger charge is 2.04. The largest absolute Gasteiger partial charge is 0.448 e. The van der Waals surface area contributed by atoms with Crippen LogP contribution in [0.25, 0.3) is 0 Å². The summed E-state index contributed by atoms with van der Waals surface area (Å²) >= 11 is 7.11. The fraction of sp³-hybridized carbons (Fsp3) is 0.750. The van der Waals surface area contributed by atoms with Gasteiger partial charge in [-0.1, -0.05) is 0 Å². The summed E-state index contributed by atoms with van der Waals surface area (Å²) in [6, 6.07) is 0. The Morgan fingerprint density at radius 2 is 2.20 bits per heavy atom. The summed E-state index contributed by atoms with van der Waals surface area (Å²) in [5, 5.41) is 8.27. The predicted molar refractivity (Wildman–Crippen MR) is 42.9 cm³/mol. The normalized spacial score (nSPS) is 9.10. The summed E-state index contributed by atoms with van der Waals surface area (Å²) in [5.41, 5.74) is 0. The third-order valence-corrected chi connectivity index (χ3v) is 1.02. The highest BCUT2D eigenvalue weighted by molar-refractivity contribution is 7.94. The molecule has 0 bridgehead atoms. The second-order valence-electron chi connectivity index (χ2n) is 1.48. The summed E-state index contributed by atoms with van der Waals surface area (Å²) in [6.45, 7) is 0.194. The maximum Gasteiger partial charge on any atom is 0.429 e. The molecule has 6 heteroatoms. The Hall–Kier alpha value is -0.0700. The number of aliphatic hydroxyl groups excluding tert-OH is 1. The molecule has 0 saturated heterocycles. The first kappa shape index (κ1) is 9.93. The van der Waals surface area contributed by atoms with Crippen molar-refractivity contribution in [3.05, 3.63) is 0 Å². The van der Waals surface area contributed by atoms with Crippen molar-refractivity contribution < 1.29 is 14.6 Å². The van der Waals surface area contributed by atoms with Gasteiger partial charge in [0, 0.05) is 13.0 Å². The van der Waals surface area contributed by atoms with Crippen LogP contribution >= 0.6 is 25.6 Å². The van der Waals surface area contributed by atoms with Crippen LogP contribution in [0.2, 0.25) is 0 Å². The molecular weight excluding hydrogens is 174 g/mol. The first-order chi connectivity index (χ1) is 4.68. The number of nitrogens with zero attached hydrogens (tertiary/aromatic N) is 1. The molecule has 0 aliphatic carbocycles. The number of ether oxygens (including phenoxy) is 1. The fourth-order valence-corrected chi connectivity index (χ4v) is 0.397. The Morgan fingerprint density at radius 3 is 2.60 bits per heavy atom. The minimum absolute atomic E-state index is 0.00637. The third kappa shape index (κ3) is 4.78. The van der Waals surface area contributed by atoms with E-state index in [2.05, 4.69) is 30.4 Å². The lowest BCUT2D eigenvalue weighted by Crippen LogP contribution is -2.14. The number of aliphatic hydroxyl groups is 1. The van der Waals surface area contributed by atoms with Gasteiger partial charge in [-0.05, 0) is 25.6 Å². The topological polar surface area (TPSA) is 49.8 Å². The highest BCUT2D eigenvalue weighted by Crippen LogP contribution is 2.00. The van der Waals surface area contributed by atoms with Crippen molar-refractivity contribution in [2.45, 2.75) is 6.42 Å². The van der Waals surface area contributed by atoms with Crippen molar-refractivity contribution in [2.24, 2.45) is 0 Å². The first-order valence-corrected chi connectivity index (χ1v) is 3.44. The SMILES string of the molecule is O=C(OCCCO)N(S)S. The average Bonchev–Trinajstić information content (AvgIpc) is 1.88. The van der Waals surface area contributed by atoms with Gasteiger partial charge in [-0.2, -0.15) is 3.71 Å². The summed E-state index contributed by atoms with van der Waals surface area (Å²) in [6.07, 6.45) is -0.207. The van der Waals surface area contributed by atoms with Crippen LogP contribution in [0.1, 0.15) is 6.42 Å².